The van der Waals surface area contributed by atoms with Crippen LogP contribution in [0.3, 0.4) is 0 Å². The second kappa shape index (κ2) is 5.09. The molecule has 0 bridgehead atoms. The lowest BCUT2D eigenvalue weighted by Gasteiger charge is -2.22. The molecule has 0 spiro atoms. The van der Waals surface area contributed by atoms with Gasteiger partial charge >= 0.3 is 0 Å². The first kappa shape index (κ1) is 13.6. The van der Waals surface area contributed by atoms with E-state index in [1.54, 1.807) is 0 Å². The minimum absolute atomic E-state index is 0.204. The number of rotatable bonds is 2. The summed E-state index contributed by atoms with van der Waals surface area (Å²) in [4.78, 5) is 11.8. The fourth-order valence-electron chi connectivity index (χ4n) is 3.71. The molecule has 0 aliphatic carbocycles. The molecule has 0 radical (unpaired) electrons. The molecule has 2 aromatic carbocycles. The minimum atomic E-state index is 0.204. The van der Waals surface area contributed by atoms with E-state index < -0.39 is 0 Å². The van der Waals surface area contributed by atoms with Gasteiger partial charge in [-0.1, -0.05) is 24.3 Å². The van der Waals surface area contributed by atoms with Crippen LogP contribution in [0.5, 0.6) is 0 Å². The summed E-state index contributed by atoms with van der Waals surface area (Å²) in [5.41, 5.74) is 3.95. The van der Waals surface area contributed by atoms with Crippen LogP contribution in [0.1, 0.15) is 24.7 Å². The molecule has 24 heavy (non-hydrogen) atoms. The lowest BCUT2D eigenvalue weighted by molar-refractivity contribution is 0.541. The van der Waals surface area contributed by atoms with Crippen LogP contribution in [0.2, 0.25) is 0 Å². The van der Waals surface area contributed by atoms with Crippen molar-refractivity contribution in [3.63, 3.8) is 0 Å². The van der Waals surface area contributed by atoms with Gasteiger partial charge in [0.2, 0.25) is 0 Å². The Labute approximate surface area is 139 Å². The molecule has 5 nitrogen and oxygen atoms in total. The molecule has 3 heterocycles. The van der Waals surface area contributed by atoms with Crippen LogP contribution in [0.15, 0.2) is 52.9 Å². The summed E-state index contributed by atoms with van der Waals surface area (Å²) in [6.45, 7) is 0.945. The molecule has 4 aromatic rings. The number of imidazole rings is 1. The number of benzene rings is 2. The van der Waals surface area contributed by atoms with Crippen LogP contribution in [-0.4, -0.2) is 21.1 Å². The highest BCUT2D eigenvalue weighted by Crippen LogP contribution is 2.37. The number of anilines is 1. The van der Waals surface area contributed by atoms with E-state index in [9.17, 15) is 0 Å². The third-order valence-corrected chi connectivity index (χ3v) is 4.90. The van der Waals surface area contributed by atoms with Gasteiger partial charge in [0, 0.05) is 13.6 Å². The summed E-state index contributed by atoms with van der Waals surface area (Å²) in [5, 5.41) is 0. The molecule has 0 unspecified atom stereocenters. The van der Waals surface area contributed by atoms with Crippen LogP contribution in [0.25, 0.3) is 22.1 Å². The van der Waals surface area contributed by atoms with Gasteiger partial charge in [-0.3, -0.25) is 0 Å². The average Bonchev–Trinajstić information content (AvgIpc) is 3.31. The molecule has 1 aliphatic rings. The van der Waals surface area contributed by atoms with Crippen LogP contribution < -0.4 is 4.90 Å². The van der Waals surface area contributed by atoms with E-state index in [-0.39, 0.29) is 6.04 Å². The maximum absolute atomic E-state index is 6.00. The van der Waals surface area contributed by atoms with Crippen LogP contribution >= 0.6 is 0 Å². The Bertz CT molecular complexity index is 999. The van der Waals surface area contributed by atoms with E-state index in [4.69, 9.17) is 9.40 Å². The first-order valence-corrected chi connectivity index (χ1v) is 8.35. The lowest BCUT2D eigenvalue weighted by atomic mass is 10.2. The Morgan fingerprint density at radius 2 is 1.79 bits per heavy atom. The molecule has 1 atom stereocenters. The third kappa shape index (κ3) is 1.94. The zero-order valence-electron chi connectivity index (χ0n) is 13.5. The number of para-hydroxylation sites is 4. The molecule has 0 saturated carbocycles. The predicted molar refractivity (Wildman–Crippen MR) is 94.0 cm³/mol. The maximum Gasteiger partial charge on any atom is 0.299 e. The van der Waals surface area contributed by atoms with E-state index in [2.05, 4.69) is 39.7 Å². The summed E-state index contributed by atoms with van der Waals surface area (Å²) in [6, 6.07) is 17.1. The van der Waals surface area contributed by atoms with Crippen molar-refractivity contribution in [1.82, 2.24) is 14.5 Å². The molecule has 2 aromatic heterocycles. The van der Waals surface area contributed by atoms with Gasteiger partial charge in [0.05, 0.1) is 17.1 Å². The first-order valence-electron chi connectivity index (χ1n) is 8.35. The lowest BCUT2D eigenvalue weighted by Crippen LogP contribution is -2.25. The van der Waals surface area contributed by atoms with Crippen molar-refractivity contribution >= 4 is 28.1 Å². The van der Waals surface area contributed by atoms with Crippen molar-refractivity contribution in [2.45, 2.75) is 18.9 Å². The normalized spacial score (nSPS) is 18.0. The van der Waals surface area contributed by atoms with Crippen molar-refractivity contribution < 1.29 is 4.42 Å². The summed E-state index contributed by atoms with van der Waals surface area (Å²) in [6.07, 6.45) is 2.18. The second-order valence-corrected chi connectivity index (χ2v) is 6.33. The molecular formula is C19H18N4O. The highest BCUT2D eigenvalue weighted by atomic mass is 16.4. The van der Waals surface area contributed by atoms with Gasteiger partial charge < -0.3 is 13.9 Å². The Balaban J connectivity index is 1.60. The SMILES string of the molecule is Cn1c([C@H]2CCCN2c2nc3ccccc3o2)nc2ccccc21. The molecule has 0 amide bonds. The molecule has 1 fully saturated rings. The van der Waals surface area contributed by atoms with Gasteiger partial charge in [0.15, 0.2) is 5.58 Å². The number of fused-ring (bicyclic) bond motifs is 2. The number of aryl methyl sites for hydroxylation is 1. The van der Waals surface area contributed by atoms with E-state index >= 15 is 0 Å². The van der Waals surface area contributed by atoms with Crippen molar-refractivity contribution in [2.75, 3.05) is 11.4 Å². The number of hydrogen-bond acceptors (Lipinski definition) is 4. The zero-order valence-corrected chi connectivity index (χ0v) is 13.5. The van der Waals surface area contributed by atoms with Crippen LogP contribution in [-0.2, 0) is 7.05 Å². The topological polar surface area (TPSA) is 47.1 Å². The van der Waals surface area contributed by atoms with E-state index in [1.807, 2.05) is 30.3 Å². The Morgan fingerprint density at radius 1 is 1.00 bits per heavy atom. The second-order valence-electron chi connectivity index (χ2n) is 6.33. The fraction of sp³-hybridized carbons (Fsp3) is 0.263. The summed E-state index contributed by atoms with van der Waals surface area (Å²) >= 11 is 0. The van der Waals surface area contributed by atoms with Gasteiger partial charge in [0.25, 0.3) is 6.01 Å². The highest BCUT2D eigenvalue weighted by molar-refractivity contribution is 5.76. The van der Waals surface area contributed by atoms with Crippen molar-refractivity contribution in [2.24, 2.45) is 7.05 Å². The molecule has 1 aliphatic heterocycles. The highest BCUT2D eigenvalue weighted by Gasteiger charge is 2.32. The number of aromatic nitrogens is 3. The zero-order chi connectivity index (χ0) is 16.1. The predicted octanol–water partition coefficient (Wildman–Crippen LogP) is 4.06. The van der Waals surface area contributed by atoms with Crippen LogP contribution in [0, 0.1) is 0 Å². The molecule has 1 saturated heterocycles. The molecule has 5 rings (SSSR count). The van der Waals surface area contributed by atoms with E-state index in [0.29, 0.717) is 6.01 Å². The van der Waals surface area contributed by atoms with Gasteiger partial charge in [0.1, 0.15) is 11.3 Å². The Kier molecular flexibility index (Phi) is 2.89. The smallest absolute Gasteiger partial charge is 0.299 e. The molecular weight excluding hydrogens is 300 g/mol. The molecule has 0 N–H and O–H groups in total. The summed E-state index contributed by atoms with van der Waals surface area (Å²) in [7, 11) is 2.09. The quantitative estimate of drug-likeness (QED) is 0.559. The van der Waals surface area contributed by atoms with E-state index in [0.717, 1.165) is 47.3 Å². The third-order valence-electron chi connectivity index (χ3n) is 4.90. The fourth-order valence-corrected chi connectivity index (χ4v) is 3.71. The Hall–Kier alpha value is -2.82. The maximum atomic E-state index is 6.00. The number of hydrogen-bond donors (Lipinski definition) is 0. The van der Waals surface area contributed by atoms with Crippen molar-refractivity contribution in [1.29, 1.82) is 0 Å². The van der Waals surface area contributed by atoms with E-state index in [1.165, 1.54) is 0 Å². The largest absolute Gasteiger partial charge is 0.423 e. The number of nitrogens with zero attached hydrogens (tertiary/aromatic N) is 4. The number of oxazole rings is 1. The summed E-state index contributed by atoms with van der Waals surface area (Å²) in [5.74, 6) is 1.08. The minimum Gasteiger partial charge on any atom is -0.423 e. The van der Waals surface area contributed by atoms with Gasteiger partial charge in [-0.05, 0) is 37.1 Å². The van der Waals surface area contributed by atoms with Gasteiger partial charge in [-0.25, -0.2) is 4.98 Å². The molecule has 120 valence electrons. The summed E-state index contributed by atoms with van der Waals surface area (Å²) < 4.78 is 8.19. The van der Waals surface area contributed by atoms with Gasteiger partial charge in [-0.2, -0.15) is 4.98 Å². The Morgan fingerprint density at radius 3 is 2.62 bits per heavy atom. The average molecular weight is 318 g/mol. The van der Waals surface area contributed by atoms with Crippen molar-refractivity contribution in [3.05, 3.63) is 54.4 Å². The first-order chi connectivity index (χ1) is 11.8. The van der Waals surface area contributed by atoms with Crippen LogP contribution in [0.4, 0.5) is 6.01 Å². The standard InChI is InChI=1S/C19H18N4O/c1-22-15-9-4-2-7-13(15)20-18(22)16-10-6-12-23(16)19-21-14-8-3-5-11-17(14)24-19/h2-5,7-9,11,16H,6,10,12H2,1H3/t16-/m1/s1. The van der Waals surface area contributed by atoms with Gasteiger partial charge in [-0.15, -0.1) is 0 Å². The van der Waals surface area contributed by atoms with Crippen molar-refractivity contribution in [3.8, 4) is 0 Å². The molecule has 5 heteroatoms. The monoisotopic (exact) mass is 318 g/mol.